The van der Waals surface area contributed by atoms with Crippen molar-refractivity contribution in [1.29, 1.82) is 0 Å². The predicted molar refractivity (Wildman–Crippen MR) is 60.9 cm³/mol. The largest absolute Gasteiger partial charge is 0.330 e. The standard InChI is InChI=1S/C12H16N2O/c1-14-11(15)6-5-9-3-2-4-10(7-8-13)12(9)14/h2-4H,5-8,13H2,1H3. The highest BCUT2D eigenvalue weighted by Gasteiger charge is 2.22. The van der Waals surface area contributed by atoms with Gasteiger partial charge in [-0.25, -0.2) is 0 Å². The van der Waals surface area contributed by atoms with Crippen LogP contribution in [0.15, 0.2) is 18.2 Å². The third-order valence-electron chi connectivity index (χ3n) is 2.93. The fourth-order valence-corrected chi connectivity index (χ4v) is 2.17. The summed E-state index contributed by atoms with van der Waals surface area (Å²) in [6, 6.07) is 6.20. The molecule has 1 amide bonds. The number of para-hydroxylation sites is 1. The lowest BCUT2D eigenvalue weighted by atomic mass is 9.96. The first kappa shape index (κ1) is 10.2. The van der Waals surface area contributed by atoms with Crippen molar-refractivity contribution in [1.82, 2.24) is 0 Å². The topological polar surface area (TPSA) is 46.3 Å². The summed E-state index contributed by atoms with van der Waals surface area (Å²) in [5.41, 5.74) is 9.11. The van der Waals surface area contributed by atoms with E-state index in [1.165, 1.54) is 11.1 Å². The molecule has 0 radical (unpaired) electrons. The van der Waals surface area contributed by atoms with Gasteiger partial charge in [-0.15, -0.1) is 0 Å². The molecule has 0 atom stereocenters. The lowest BCUT2D eigenvalue weighted by Gasteiger charge is -2.28. The van der Waals surface area contributed by atoms with E-state index in [1.54, 1.807) is 4.90 Å². The molecular weight excluding hydrogens is 188 g/mol. The Morgan fingerprint density at radius 2 is 2.20 bits per heavy atom. The average Bonchev–Trinajstić information content (AvgIpc) is 2.24. The fourth-order valence-electron chi connectivity index (χ4n) is 2.17. The number of carbonyl (C=O) groups is 1. The summed E-state index contributed by atoms with van der Waals surface area (Å²) >= 11 is 0. The molecule has 0 bridgehead atoms. The fraction of sp³-hybridized carbons (Fsp3) is 0.417. The van der Waals surface area contributed by atoms with Gasteiger partial charge in [-0.2, -0.15) is 0 Å². The molecule has 0 aromatic heterocycles. The first-order valence-corrected chi connectivity index (χ1v) is 5.31. The maximum Gasteiger partial charge on any atom is 0.227 e. The van der Waals surface area contributed by atoms with E-state index < -0.39 is 0 Å². The van der Waals surface area contributed by atoms with Crippen molar-refractivity contribution in [3.8, 4) is 0 Å². The minimum Gasteiger partial charge on any atom is -0.330 e. The third kappa shape index (κ3) is 1.75. The van der Waals surface area contributed by atoms with Gasteiger partial charge in [-0.3, -0.25) is 4.79 Å². The maximum absolute atomic E-state index is 11.6. The van der Waals surface area contributed by atoms with E-state index >= 15 is 0 Å². The Hall–Kier alpha value is -1.35. The molecule has 0 spiro atoms. The zero-order valence-corrected chi connectivity index (χ0v) is 8.99. The molecule has 2 N–H and O–H groups in total. The smallest absolute Gasteiger partial charge is 0.227 e. The quantitative estimate of drug-likeness (QED) is 0.784. The molecule has 80 valence electrons. The number of amides is 1. The number of nitrogens with two attached hydrogens (primary N) is 1. The van der Waals surface area contributed by atoms with E-state index in [1.807, 2.05) is 13.1 Å². The van der Waals surface area contributed by atoms with E-state index in [0.29, 0.717) is 13.0 Å². The van der Waals surface area contributed by atoms with Crippen LogP contribution in [0.5, 0.6) is 0 Å². The third-order valence-corrected chi connectivity index (χ3v) is 2.93. The van der Waals surface area contributed by atoms with Crippen LogP contribution in [0, 0.1) is 0 Å². The number of benzene rings is 1. The molecule has 1 aromatic rings. The molecule has 0 saturated carbocycles. The number of nitrogens with zero attached hydrogens (tertiary/aromatic N) is 1. The van der Waals surface area contributed by atoms with Crippen molar-refractivity contribution in [2.45, 2.75) is 19.3 Å². The van der Waals surface area contributed by atoms with Gasteiger partial charge in [-0.05, 0) is 30.5 Å². The van der Waals surface area contributed by atoms with Gasteiger partial charge in [0.1, 0.15) is 0 Å². The molecule has 0 fully saturated rings. The summed E-state index contributed by atoms with van der Waals surface area (Å²) in [7, 11) is 1.85. The first-order chi connectivity index (χ1) is 7.24. The summed E-state index contributed by atoms with van der Waals surface area (Å²) in [4.78, 5) is 13.4. The minimum atomic E-state index is 0.201. The molecule has 0 saturated heterocycles. The summed E-state index contributed by atoms with van der Waals surface area (Å²) in [6.07, 6.45) is 2.31. The summed E-state index contributed by atoms with van der Waals surface area (Å²) in [6.45, 7) is 0.623. The lowest BCUT2D eigenvalue weighted by molar-refractivity contribution is -0.118. The molecule has 15 heavy (non-hydrogen) atoms. The van der Waals surface area contributed by atoms with E-state index in [0.717, 1.165) is 18.5 Å². The SMILES string of the molecule is CN1C(=O)CCc2cccc(CCN)c21. The van der Waals surface area contributed by atoms with Crippen molar-refractivity contribution in [2.75, 3.05) is 18.5 Å². The molecule has 0 unspecified atom stereocenters. The van der Waals surface area contributed by atoms with Crippen LogP contribution in [-0.2, 0) is 17.6 Å². The van der Waals surface area contributed by atoms with Crippen LogP contribution in [0.2, 0.25) is 0 Å². The Balaban J connectivity index is 2.47. The van der Waals surface area contributed by atoms with Crippen LogP contribution in [-0.4, -0.2) is 19.5 Å². The highest BCUT2D eigenvalue weighted by molar-refractivity contribution is 5.96. The monoisotopic (exact) mass is 204 g/mol. The van der Waals surface area contributed by atoms with Crippen LogP contribution in [0.1, 0.15) is 17.5 Å². The van der Waals surface area contributed by atoms with Crippen LogP contribution in [0.25, 0.3) is 0 Å². The second-order valence-electron chi connectivity index (χ2n) is 3.92. The lowest BCUT2D eigenvalue weighted by Crippen LogP contribution is -2.32. The summed E-state index contributed by atoms with van der Waals surface area (Å²) in [5.74, 6) is 0.201. The number of rotatable bonds is 2. The Kier molecular flexibility index (Phi) is 2.73. The van der Waals surface area contributed by atoms with Crippen molar-refractivity contribution in [3.05, 3.63) is 29.3 Å². The Morgan fingerprint density at radius 3 is 2.93 bits per heavy atom. The summed E-state index contributed by atoms with van der Waals surface area (Å²) in [5, 5.41) is 0. The normalized spacial score (nSPS) is 15.3. The molecule has 1 heterocycles. The molecule has 3 heteroatoms. The van der Waals surface area contributed by atoms with Gasteiger partial charge in [0.2, 0.25) is 5.91 Å². The van der Waals surface area contributed by atoms with E-state index in [2.05, 4.69) is 12.1 Å². The minimum absolute atomic E-state index is 0.201. The van der Waals surface area contributed by atoms with Crippen molar-refractivity contribution < 1.29 is 4.79 Å². The second kappa shape index (κ2) is 4.03. The number of fused-ring (bicyclic) bond motifs is 1. The summed E-state index contributed by atoms with van der Waals surface area (Å²) < 4.78 is 0. The molecule has 1 aliphatic rings. The van der Waals surface area contributed by atoms with Gasteiger partial charge < -0.3 is 10.6 Å². The van der Waals surface area contributed by atoms with E-state index in [4.69, 9.17) is 5.73 Å². The van der Waals surface area contributed by atoms with Crippen LogP contribution < -0.4 is 10.6 Å². The van der Waals surface area contributed by atoms with Crippen LogP contribution >= 0.6 is 0 Å². The molecular formula is C12H16N2O. The van der Waals surface area contributed by atoms with Crippen molar-refractivity contribution >= 4 is 11.6 Å². The van der Waals surface area contributed by atoms with Gasteiger partial charge >= 0.3 is 0 Å². The number of hydrogen-bond donors (Lipinski definition) is 1. The van der Waals surface area contributed by atoms with E-state index in [9.17, 15) is 4.79 Å². The van der Waals surface area contributed by atoms with Crippen LogP contribution in [0.4, 0.5) is 5.69 Å². The molecule has 1 aliphatic heterocycles. The van der Waals surface area contributed by atoms with Gasteiger partial charge in [-0.1, -0.05) is 18.2 Å². The highest BCUT2D eigenvalue weighted by Crippen LogP contribution is 2.30. The first-order valence-electron chi connectivity index (χ1n) is 5.31. The Morgan fingerprint density at radius 1 is 1.40 bits per heavy atom. The van der Waals surface area contributed by atoms with Gasteiger partial charge in [0.15, 0.2) is 0 Å². The van der Waals surface area contributed by atoms with Gasteiger partial charge in [0.05, 0.1) is 0 Å². The Labute approximate surface area is 89.9 Å². The maximum atomic E-state index is 11.6. The Bertz CT molecular complexity index is 387. The predicted octanol–water partition coefficient (Wildman–Crippen LogP) is 1.10. The highest BCUT2D eigenvalue weighted by atomic mass is 16.2. The molecule has 0 aliphatic carbocycles. The van der Waals surface area contributed by atoms with E-state index in [-0.39, 0.29) is 5.91 Å². The second-order valence-corrected chi connectivity index (χ2v) is 3.92. The zero-order valence-electron chi connectivity index (χ0n) is 8.99. The van der Waals surface area contributed by atoms with Crippen molar-refractivity contribution in [3.63, 3.8) is 0 Å². The number of carbonyl (C=O) groups excluding carboxylic acids is 1. The van der Waals surface area contributed by atoms with Gasteiger partial charge in [0, 0.05) is 19.2 Å². The zero-order chi connectivity index (χ0) is 10.8. The molecule has 1 aromatic carbocycles. The average molecular weight is 204 g/mol. The molecule has 3 nitrogen and oxygen atoms in total. The van der Waals surface area contributed by atoms with Crippen molar-refractivity contribution in [2.24, 2.45) is 5.73 Å². The number of aryl methyl sites for hydroxylation is 1. The number of anilines is 1. The van der Waals surface area contributed by atoms with Crippen LogP contribution in [0.3, 0.4) is 0 Å². The molecule has 2 rings (SSSR count). The van der Waals surface area contributed by atoms with Gasteiger partial charge in [0.25, 0.3) is 0 Å². The number of hydrogen-bond acceptors (Lipinski definition) is 2.